The van der Waals surface area contributed by atoms with Gasteiger partial charge in [0.05, 0.1) is 18.1 Å². The van der Waals surface area contributed by atoms with Crippen molar-refractivity contribution >= 4 is 21.8 Å². The highest BCUT2D eigenvalue weighted by molar-refractivity contribution is 7.89. The zero-order valence-electron chi connectivity index (χ0n) is 20.5. The Kier molecular flexibility index (Phi) is 9.47. The molecule has 0 spiro atoms. The highest BCUT2D eigenvalue weighted by atomic mass is 32.2. The van der Waals surface area contributed by atoms with Gasteiger partial charge in [0, 0.05) is 31.7 Å². The van der Waals surface area contributed by atoms with Crippen molar-refractivity contribution in [1.82, 2.24) is 19.8 Å². The molecule has 2 aliphatic heterocycles. The van der Waals surface area contributed by atoms with Crippen LogP contribution in [-0.2, 0) is 19.6 Å². The first-order chi connectivity index (χ1) is 16.2. The first-order valence-electron chi connectivity index (χ1n) is 12.2. The SMILES string of the molecule is CC(CNC(=O)C(NC(=O)c1cccc(S(=O)(=O)N2CCOCC2)c1)C(C)C)CN1CCCC1. The van der Waals surface area contributed by atoms with E-state index in [-0.39, 0.29) is 35.4 Å². The van der Waals surface area contributed by atoms with Gasteiger partial charge in [0.25, 0.3) is 5.91 Å². The van der Waals surface area contributed by atoms with Crippen LogP contribution in [0.25, 0.3) is 0 Å². The predicted molar refractivity (Wildman–Crippen MR) is 130 cm³/mol. The summed E-state index contributed by atoms with van der Waals surface area (Å²) in [6.07, 6.45) is 2.46. The van der Waals surface area contributed by atoms with Gasteiger partial charge in [0.2, 0.25) is 15.9 Å². The third-order valence-electron chi connectivity index (χ3n) is 6.33. The lowest BCUT2D eigenvalue weighted by Gasteiger charge is -2.26. The molecule has 34 heavy (non-hydrogen) atoms. The van der Waals surface area contributed by atoms with Crippen LogP contribution in [0.5, 0.6) is 0 Å². The first-order valence-corrected chi connectivity index (χ1v) is 13.6. The summed E-state index contributed by atoms with van der Waals surface area (Å²) in [6.45, 7) is 10.8. The maximum atomic E-state index is 13.0. The normalized spacial score (nSPS) is 19.6. The van der Waals surface area contributed by atoms with Crippen molar-refractivity contribution in [1.29, 1.82) is 0 Å². The molecule has 1 aromatic carbocycles. The van der Waals surface area contributed by atoms with Crippen LogP contribution in [0.1, 0.15) is 44.0 Å². The van der Waals surface area contributed by atoms with Gasteiger partial charge in [-0.15, -0.1) is 0 Å². The molecule has 3 rings (SSSR count). The summed E-state index contributed by atoms with van der Waals surface area (Å²) in [5.41, 5.74) is 0.204. The molecule has 0 saturated carbocycles. The van der Waals surface area contributed by atoms with Gasteiger partial charge in [0.15, 0.2) is 0 Å². The van der Waals surface area contributed by atoms with Gasteiger partial charge in [0.1, 0.15) is 6.04 Å². The number of hydrogen-bond donors (Lipinski definition) is 2. The summed E-state index contributed by atoms with van der Waals surface area (Å²) >= 11 is 0. The van der Waals surface area contributed by atoms with E-state index in [1.54, 1.807) is 12.1 Å². The van der Waals surface area contributed by atoms with Gasteiger partial charge in [-0.05, 0) is 56.0 Å². The monoisotopic (exact) mass is 494 g/mol. The Hall–Kier alpha value is -2.01. The average molecular weight is 495 g/mol. The Balaban J connectivity index is 1.61. The third kappa shape index (κ3) is 7.00. The zero-order chi connectivity index (χ0) is 24.7. The number of amides is 2. The molecule has 2 saturated heterocycles. The van der Waals surface area contributed by atoms with Crippen LogP contribution in [0.2, 0.25) is 0 Å². The van der Waals surface area contributed by atoms with Crippen molar-refractivity contribution < 1.29 is 22.7 Å². The van der Waals surface area contributed by atoms with E-state index < -0.39 is 22.0 Å². The molecule has 2 aliphatic rings. The Morgan fingerprint density at radius 3 is 2.38 bits per heavy atom. The molecular weight excluding hydrogens is 456 g/mol. The Labute approximate surface area is 203 Å². The van der Waals surface area contributed by atoms with E-state index in [1.165, 1.54) is 29.3 Å². The van der Waals surface area contributed by atoms with E-state index in [0.29, 0.717) is 25.7 Å². The number of benzene rings is 1. The van der Waals surface area contributed by atoms with Crippen LogP contribution in [0.4, 0.5) is 0 Å². The quantitative estimate of drug-likeness (QED) is 0.508. The van der Waals surface area contributed by atoms with E-state index in [9.17, 15) is 18.0 Å². The molecule has 0 aromatic heterocycles. The summed E-state index contributed by atoms with van der Waals surface area (Å²) < 4.78 is 32.5. The highest BCUT2D eigenvalue weighted by Gasteiger charge is 2.28. The fraction of sp³-hybridized carbons (Fsp3) is 0.667. The number of morpholine rings is 1. The number of carbonyl (C=O) groups excluding carboxylic acids is 2. The standard InChI is InChI=1S/C24H38N4O5S/c1-18(2)22(24(30)25-16-19(3)17-27-9-4-5-10-27)26-23(29)20-7-6-8-21(15-20)34(31,32)28-11-13-33-14-12-28/h6-8,15,18-19,22H,4-5,9-14,16-17H2,1-3H3,(H,25,30)(H,26,29). The molecule has 2 amide bonds. The number of nitrogens with zero attached hydrogens (tertiary/aromatic N) is 2. The molecule has 10 heteroatoms. The van der Waals surface area contributed by atoms with Gasteiger partial charge < -0.3 is 20.3 Å². The summed E-state index contributed by atoms with van der Waals surface area (Å²) in [5.74, 6) is -0.516. The molecule has 2 fully saturated rings. The first kappa shape index (κ1) is 26.6. The maximum Gasteiger partial charge on any atom is 0.251 e. The molecule has 0 aliphatic carbocycles. The predicted octanol–water partition coefficient (Wildman–Crippen LogP) is 1.31. The van der Waals surface area contributed by atoms with Gasteiger partial charge >= 0.3 is 0 Å². The molecule has 1 aromatic rings. The van der Waals surface area contributed by atoms with Crippen molar-refractivity contribution in [3.05, 3.63) is 29.8 Å². The average Bonchev–Trinajstić information content (AvgIpc) is 3.34. The van der Waals surface area contributed by atoms with E-state index in [0.717, 1.165) is 19.6 Å². The van der Waals surface area contributed by atoms with Gasteiger partial charge in [-0.3, -0.25) is 9.59 Å². The number of likely N-dealkylation sites (tertiary alicyclic amines) is 1. The summed E-state index contributed by atoms with van der Waals surface area (Å²) in [5, 5.41) is 5.78. The summed E-state index contributed by atoms with van der Waals surface area (Å²) in [7, 11) is -3.72. The molecular formula is C24H38N4O5S. The molecule has 9 nitrogen and oxygen atoms in total. The zero-order valence-corrected chi connectivity index (χ0v) is 21.3. The van der Waals surface area contributed by atoms with Crippen LogP contribution in [-0.4, -0.2) is 88.0 Å². The third-order valence-corrected chi connectivity index (χ3v) is 8.23. The van der Waals surface area contributed by atoms with Crippen LogP contribution >= 0.6 is 0 Å². The van der Waals surface area contributed by atoms with Crippen LogP contribution in [0, 0.1) is 11.8 Å². The minimum Gasteiger partial charge on any atom is -0.379 e. The van der Waals surface area contributed by atoms with Crippen molar-refractivity contribution in [3.8, 4) is 0 Å². The lowest BCUT2D eigenvalue weighted by atomic mass is 10.0. The fourth-order valence-electron chi connectivity index (χ4n) is 4.35. The Morgan fingerprint density at radius 2 is 1.74 bits per heavy atom. The second-order valence-corrected chi connectivity index (χ2v) is 11.5. The molecule has 0 radical (unpaired) electrons. The molecule has 190 valence electrons. The molecule has 2 unspecified atom stereocenters. The largest absolute Gasteiger partial charge is 0.379 e. The molecule has 2 N–H and O–H groups in total. The Morgan fingerprint density at radius 1 is 1.06 bits per heavy atom. The number of carbonyl (C=O) groups is 2. The molecule has 2 atom stereocenters. The van der Waals surface area contributed by atoms with E-state index in [2.05, 4.69) is 22.5 Å². The van der Waals surface area contributed by atoms with Crippen LogP contribution < -0.4 is 10.6 Å². The summed E-state index contributed by atoms with van der Waals surface area (Å²) in [6, 6.07) is 5.24. The van der Waals surface area contributed by atoms with Crippen LogP contribution in [0.15, 0.2) is 29.2 Å². The lowest BCUT2D eigenvalue weighted by Crippen LogP contribution is -2.50. The van der Waals surface area contributed by atoms with E-state index in [1.807, 2.05) is 13.8 Å². The van der Waals surface area contributed by atoms with Crippen molar-refractivity contribution in [3.63, 3.8) is 0 Å². The summed E-state index contributed by atoms with van der Waals surface area (Å²) in [4.78, 5) is 28.3. The van der Waals surface area contributed by atoms with E-state index in [4.69, 9.17) is 4.74 Å². The minimum atomic E-state index is -3.72. The topological polar surface area (TPSA) is 108 Å². The smallest absolute Gasteiger partial charge is 0.251 e. The number of nitrogens with one attached hydrogen (secondary N) is 2. The maximum absolute atomic E-state index is 13.0. The highest BCUT2D eigenvalue weighted by Crippen LogP contribution is 2.19. The fourth-order valence-corrected chi connectivity index (χ4v) is 5.80. The second-order valence-electron chi connectivity index (χ2n) is 9.60. The van der Waals surface area contributed by atoms with Crippen LogP contribution in [0.3, 0.4) is 0 Å². The van der Waals surface area contributed by atoms with E-state index >= 15 is 0 Å². The van der Waals surface area contributed by atoms with Crippen molar-refractivity contribution in [2.45, 2.75) is 44.6 Å². The Bertz CT molecular complexity index is 940. The number of hydrogen-bond acceptors (Lipinski definition) is 6. The molecule has 2 heterocycles. The lowest BCUT2D eigenvalue weighted by molar-refractivity contribution is -0.124. The van der Waals surface area contributed by atoms with Gasteiger partial charge in [-0.25, -0.2) is 8.42 Å². The van der Waals surface area contributed by atoms with Crippen molar-refractivity contribution in [2.24, 2.45) is 11.8 Å². The number of ether oxygens (including phenoxy) is 1. The molecule has 0 bridgehead atoms. The number of sulfonamides is 1. The van der Waals surface area contributed by atoms with Crippen molar-refractivity contribution in [2.75, 3.05) is 52.5 Å². The number of rotatable bonds is 10. The van der Waals surface area contributed by atoms with Gasteiger partial charge in [-0.1, -0.05) is 26.8 Å². The second kappa shape index (κ2) is 12.1. The minimum absolute atomic E-state index is 0.0586. The van der Waals surface area contributed by atoms with Gasteiger partial charge in [-0.2, -0.15) is 4.31 Å².